The van der Waals surface area contributed by atoms with Crippen molar-refractivity contribution in [2.75, 3.05) is 6.61 Å². The second-order valence-corrected chi connectivity index (χ2v) is 18.9. The van der Waals surface area contributed by atoms with Crippen molar-refractivity contribution in [2.45, 2.75) is 244 Å². The van der Waals surface area contributed by atoms with Crippen molar-refractivity contribution in [3.8, 4) is 0 Å². The summed E-state index contributed by atoms with van der Waals surface area (Å²) in [4.78, 5) is 0. The predicted molar refractivity (Wildman–Crippen MR) is 217 cm³/mol. The smallest absolute Gasteiger partial charge is 0.0864 e. The van der Waals surface area contributed by atoms with Gasteiger partial charge in [0.05, 0.1) is 46.3 Å². The number of aliphatic hydroxyl groups is 6. The van der Waals surface area contributed by atoms with E-state index < -0.39 is 28.0 Å². The van der Waals surface area contributed by atoms with Crippen LogP contribution in [0.15, 0.2) is 34.9 Å². The summed E-state index contributed by atoms with van der Waals surface area (Å²) in [7, 11) is 0. The third-order valence-corrected chi connectivity index (χ3v) is 11.7. The summed E-state index contributed by atoms with van der Waals surface area (Å²) in [6.07, 6.45) is 23.2. The van der Waals surface area contributed by atoms with Gasteiger partial charge in [0.15, 0.2) is 0 Å². The number of aliphatic hydroxyl groups excluding tert-OH is 1. The van der Waals surface area contributed by atoms with Gasteiger partial charge in [0.1, 0.15) is 0 Å². The number of allylic oxidation sites excluding steroid dienone is 5. The molecule has 52 heavy (non-hydrogen) atoms. The highest BCUT2D eigenvalue weighted by atomic mass is 16.5. The molecule has 1 aliphatic heterocycles. The van der Waals surface area contributed by atoms with Crippen molar-refractivity contribution in [1.82, 2.24) is 0 Å². The molecule has 6 N–H and O–H groups in total. The Labute approximate surface area is 320 Å². The molecule has 0 unspecified atom stereocenters. The summed E-state index contributed by atoms with van der Waals surface area (Å²) >= 11 is 0. The van der Waals surface area contributed by atoms with Gasteiger partial charge in [-0.1, -0.05) is 34.9 Å². The summed E-state index contributed by atoms with van der Waals surface area (Å²) in [5.74, 6) is 0. The van der Waals surface area contributed by atoms with Crippen molar-refractivity contribution in [3.63, 3.8) is 0 Å². The average Bonchev–Trinajstić information content (AvgIpc) is 3.39. The molecule has 306 valence electrons. The Bertz CT molecular complexity index is 1090. The molecule has 0 aliphatic carbocycles. The summed E-state index contributed by atoms with van der Waals surface area (Å²) in [5.41, 5.74) is -0.291. The standard InChI is InChI=1S/C45H84O7/c1-36(19-12-21-38(3)24-35-46)18-11-20-37(2)22-13-25-41(6,48)26-14-27-42(7,49)28-15-29-43(8,50)30-16-31-44(9,51)32-17-33-45(10)34-23-39(52-45)40(4,5)47/h19-20,24,39,46-51H,11-18,21-23,25-35H2,1-10H3/b36-19+,37-20+,38-24+/t39-,41+,42-,43+,44+,45-/m1/s1. The molecule has 6 atom stereocenters. The van der Waals surface area contributed by atoms with Crippen molar-refractivity contribution >= 4 is 0 Å². The zero-order chi connectivity index (χ0) is 39.7. The second-order valence-electron chi connectivity index (χ2n) is 18.9. The van der Waals surface area contributed by atoms with E-state index in [2.05, 4.69) is 39.8 Å². The number of ether oxygens (including phenoxy) is 1. The highest BCUT2D eigenvalue weighted by molar-refractivity contribution is 5.06. The molecule has 1 heterocycles. The maximum Gasteiger partial charge on any atom is 0.0864 e. The molecule has 0 spiro atoms. The first kappa shape index (κ1) is 49.0. The molecule has 7 heteroatoms. The number of hydrogen-bond donors (Lipinski definition) is 6. The van der Waals surface area contributed by atoms with E-state index in [1.165, 1.54) is 16.7 Å². The van der Waals surface area contributed by atoms with Crippen molar-refractivity contribution in [3.05, 3.63) is 34.9 Å². The summed E-state index contributed by atoms with van der Waals surface area (Å²) in [6.45, 7) is 19.8. The van der Waals surface area contributed by atoms with E-state index in [-0.39, 0.29) is 18.3 Å². The monoisotopic (exact) mass is 737 g/mol. The third-order valence-electron chi connectivity index (χ3n) is 11.7. The van der Waals surface area contributed by atoms with Gasteiger partial charge in [-0.05, 0) is 204 Å². The van der Waals surface area contributed by atoms with Crippen molar-refractivity contribution in [2.24, 2.45) is 0 Å². The lowest BCUT2D eigenvalue weighted by atomic mass is 9.84. The molecule has 0 aromatic heterocycles. The maximum atomic E-state index is 11.0. The lowest BCUT2D eigenvalue weighted by Gasteiger charge is -2.32. The highest BCUT2D eigenvalue weighted by Gasteiger charge is 2.42. The minimum absolute atomic E-state index is 0.115. The summed E-state index contributed by atoms with van der Waals surface area (Å²) in [6, 6.07) is 0. The van der Waals surface area contributed by atoms with Crippen LogP contribution in [-0.2, 0) is 4.74 Å². The van der Waals surface area contributed by atoms with E-state index in [4.69, 9.17) is 9.84 Å². The predicted octanol–water partition coefficient (Wildman–Crippen LogP) is 9.94. The van der Waals surface area contributed by atoms with Gasteiger partial charge in [0.2, 0.25) is 0 Å². The number of rotatable bonds is 28. The molecule has 0 radical (unpaired) electrons. The second kappa shape index (κ2) is 22.5. The van der Waals surface area contributed by atoms with Crippen LogP contribution in [0.1, 0.15) is 204 Å². The van der Waals surface area contributed by atoms with E-state index in [1.54, 1.807) is 13.8 Å². The van der Waals surface area contributed by atoms with Gasteiger partial charge >= 0.3 is 0 Å². The minimum atomic E-state index is -0.840. The molecule has 7 nitrogen and oxygen atoms in total. The van der Waals surface area contributed by atoms with Gasteiger partial charge in [0.25, 0.3) is 0 Å². The lowest BCUT2D eigenvalue weighted by molar-refractivity contribution is -0.119. The topological polar surface area (TPSA) is 131 Å². The molecular weight excluding hydrogens is 652 g/mol. The highest BCUT2D eigenvalue weighted by Crippen LogP contribution is 2.39. The Morgan fingerprint density at radius 1 is 0.577 bits per heavy atom. The Morgan fingerprint density at radius 2 is 0.942 bits per heavy atom. The van der Waals surface area contributed by atoms with Gasteiger partial charge in [-0.2, -0.15) is 0 Å². The van der Waals surface area contributed by atoms with Crippen LogP contribution in [0, 0.1) is 0 Å². The summed E-state index contributed by atoms with van der Waals surface area (Å²) in [5, 5.41) is 63.4. The van der Waals surface area contributed by atoms with Crippen molar-refractivity contribution < 1.29 is 35.4 Å². The Kier molecular flexibility index (Phi) is 21.2. The van der Waals surface area contributed by atoms with Crippen molar-refractivity contribution in [1.29, 1.82) is 0 Å². The first-order valence-corrected chi connectivity index (χ1v) is 20.8. The van der Waals surface area contributed by atoms with Gasteiger partial charge in [-0.15, -0.1) is 0 Å². The van der Waals surface area contributed by atoms with E-state index in [1.807, 2.05) is 33.8 Å². The van der Waals surface area contributed by atoms with Gasteiger partial charge < -0.3 is 35.4 Å². The fourth-order valence-corrected chi connectivity index (χ4v) is 7.77. The molecule has 1 rings (SSSR count). The number of hydrogen-bond acceptors (Lipinski definition) is 7. The Balaban J connectivity index is 2.27. The van der Waals surface area contributed by atoms with Crippen LogP contribution in [0.5, 0.6) is 0 Å². The molecule has 0 bridgehead atoms. The summed E-state index contributed by atoms with van der Waals surface area (Å²) < 4.78 is 6.20. The maximum absolute atomic E-state index is 11.0. The fraction of sp³-hybridized carbons (Fsp3) is 0.867. The van der Waals surface area contributed by atoms with E-state index in [0.717, 1.165) is 89.9 Å². The first-order valence-electron chi connectivity index (χ1n) is 20.8. The van der Waals surface area contributed by atoms with E-state index in [9.17, 15) is 25.5 Å². The Hall–Kier alpha value is -1.06. The molecule has 0 aromatic rings. The fourth-order valence-electron chi connectivity index (χ4n) is 7.77. The van der Waals surface area contributed by atoms with E-state index >= 15 is 0 Å². The first-order chi connectivity index (χ1) is 23.9. The van der Waals surface area contributed by atoms with Crippen LogP contribution < -0.4 is 0 Å². The van der Waals surface area contributed by atoms with Gasteiger partial charge in [0, 0.05) is 0 Å². The van der Waals surface area contributed by atoms with Crippen LogP contribution in [0.4, 0.5) is 0 Å². The van der Waals surface area contributed by atoms with Crippen LogP contribution >= 0.6 is 0 Å². The zero-order valence-electron chi connectivity index (χ0n) is 35.5. The van der Waals surface area contributed by atoms with Crippen LogP contribution in [-0.4, -0.2) is 77.0 Å². The van der Waals surface area contributed by atoms with Gasteiger partial charge in [-0.25, -0.2) is 0 Å². The average molecular weight is 737 g/mol. The quantitative estimate of drug-likeness (QED) is 0.0441. The zero-order valence-corrected chi connectivity index (χ0v) is 35.5. The molecule has 0 aromatic carbocycles. The van der Waals surface area contributed by atoms with Gasteiger partial charge in [-0.3, -0.25) is 0 Å². The van der Waals surface area contributed by atoms with Crippen LogP contribution in [0.2, 0.25) is 0 Å². The third kappa shape index (κ3) is 23.0. The molecule has 1 aliphatic rings. The molecule has 1 saturated heterocycles. The largest absolute Gasteiger partial charge is 0.392 e. The SMILES string of the molecule is C/C(=C\CO)CC/C=C(\C)CC/C=C(\C)CCC[C@](C)(O)CCC[C@@](C)(O)CCC[C@](C)(O)CCC[C@](C)(O)CCC[C@]1(C)CC[C@H](C(C)(C)O)O1. The van der Waals surface area contributed by atoms with E-state index in [0.29, 0.717) is 44.9 Å². The molecule has 0 saturated carbocycles. The molecule has 1 fully saturated rings. The normalized spacial score (nSPS) is 24.0. The van der Waals surface area contributed by atoms with Crippen LogP contribution in [0.25, 0.3) is 0 Å². The van der Waals surface area contributed by atoms with Crippen LogP contribution in [0.3, 0.4) is 0 Å². The lowest BCUT2D eigenvalue weighted by Crippen LogP contribution is -2.38. The minimum Gasteiger partial charge on any atom is -0.392 e. The molecule has 0 amide bonds. The molecular formula is C45H84O7. The Morgan fingerprint density at radius 3 is 1.33 bits per heavy atom.